The summed E-state index contributed by atoms with van der Waals surface area (Å²) in [6.45, 7) is 5.34. The molecule has 0 N–H and O–H groups in total. The SMILES string of the molecule is CC(C)Cn1c(CCl)c(-c2cccs2)c2cc(OCc3ccccc3)ccc2c1=O. The van der Waals surface area contributed by atoms with Crippen molar-refractivity contribution in [3.05, 3.63) is 87.7 Å². The van der Waals surface area contributed by atoms with Gasteiger partial charge in [-0.15, -0.1) is 22.9 Å². The van der Waals surface area contributed by atoms with Gasteiger partial charge >= 0.3 is 0 Å². The van der Waals surface area contributed by atoms with E-state index in [1.165, 1.54) is 0 Å². The van der Waals surface area contributed by atoms with Crippen LogP contribution in [0.5, 0.6) is 5.75 Å². The van der Waals surface area contributed by atoms with E-state index in [1.807, 2.05) is 64.5 Å². The maximum absolute atomic E-state index is 13.3. The highest BCUT2D eigenvalue weighted by atomic mass is 35.5. The van der Waals surface area contributed by atoms with Crippen molar-refractivity contribution in [1.82, 2.24) is 4.57 Å². The highest BCUT2D eigenvalue weighted by Crippen LogP contribution is 2.36. The summed E-state index contributed by atoms with van der Waals surface area (Å²) in [4.78, 5) is 14.4. The van der Waals surface area contributed by atoms with Crippen molar-refractivity contribution >= 4 is 33.7 Å². The highest BCUT2D eigenvalue weighted by Gasteiger charge is 2.19. The molecule has 30 heavy (non-hydrogen) atoms. The molecule has 0 saturated carbocycles. The Bertz CT molecular complexity index is 1200. The lowest BCUT2D eigenvalue weighted by atomic mass is 10.0. The van der Waals surface area contributed by atoms with Gasteiger partial charge < -0.3 is 9.30 Å². The minimum atomic E-state index is 0.00395. The highest BCUT2D eigenvalue weighted by molar-refractivity contribution is 7.13. The molecule has 0 bridgehead atoms. The van der Waals surface area contributed by atoms with E-state index in [-0.39, 0.29) is 11.4 Å². The molecule has 4 aromatic rings. The summed E-state index contributed by atoms with van der Waals surface area (Å²) in [5, 5.41) is 3.64. The van der Waals surface area contributed by atoms with Crippen LogP contribution in [-0.4, -0.2) is 4.57 Å². The van der Waals surface area contributed by atoms with E-state index in [9.17, 15) is 4.79 Å². The fraction of sp³-hybridized carbons (Fsp3) is 0.240. The number of hydrogen-bond donors (Lipinski definition) is 0. The van der Waals surface area contributed by atoms with E-state index in [1.54, 1.807) is 11.3 Å². The van der Waals surface area contributed by atoms with Gasteiger partial charge in [0.25, 0.3) is 5.56 Å². The summed E-state index contributed by atoms with van der Waals surface area (Å²) in [7, 11) is 0. The molecule has 0 fully saturated rings. The van der Waals surface area contributed by atoms with Gasteiger partial charge in [0.05, 0.1) is 5.88 Å². The first-order chi connectivity index (χ1) is 14.6. The molecule has 0 aliphatic heterocycles. The summed E-state index contributed by atoms with van der Waals surface area (Å²) < 4.78 is 7.89. The fourth-order valence-corrected chi connectivity index (χ4v) is 4.78. The molecule has 5 heteroatoms. The van der Waals surface area contributed by atoms with E-state index in [2.05, 4.69) is 19.9 Å². The van der Waals surface area contributed by atoms with Crippen molar-refractivity contribution < 1.29 is 4.74 Å². The van der Waals surface area contributed by atoms with Crippen molar-refractivity contribution in [2.45, 2.75) is 32.9 Å². The van der Waals surface area contributed by atoms with Gasteiger partial charge in [-0.1, -0.05) is 50.2 Å². The second-order valence-electron chi connectivity index (χ2n) is 7.72. The number of aromatic nitrogens is 1. The second-order valence-corrected chi connectivity index (χ2v) is 8.94. The van der Waals surface area contributed by atoms with E-state index in [0.717, 1.165) is 32.8 Å². The Balaban J connectivity index is 1.87. The number of alkyl halides is 1. The van der Waals surface area contributed by atoms with Crippen LogP contribution in [-0.2, 0) is 19.0 Å². The second kappa shape index (κ2) is 9.07. The van der Waals surface area contributed by atoms with Crippen LogP contribution in [0.15, 0.2) is 70.8 Å². The summed E-state index contributed by atoms with van der Waals surface area (Å²) >= 11 is 8.06. The van der Waals surface area contributed by atoms with Crippen LogP contribution in [0.2, 0.25) is 0 Å². The normalized spacial score (nSPS) is 11.3. The van der Waals surface area contributed by atoms with Crippen LogP contribution < -0.4 is 10.3 Å². The first-order valence-electron chi connectivity index (χ1n) is 10.0. The molecule has 0 amide bonds. The zero-order valence-corrected chi connectivity index (χ0v) is 18.7. The molecule has 154 valence electrons. The van der Waals surface area contributed by atoms with Gasteiger partial charge in [-0.25, -0.2) is 0 Å². The Morgan fingerprint density at radius 3 is 2.50 bits per heavy atom. The first kappa shape index (κ1) is 20.7. The summed E-state index contributed by atoms with van der Waals surface area (Å²) in [6.07, 6.45) is 0. The number of halogens is 1. The molecule has 0 unspecified atom stereocenters. The van der Waals surface area contributed by atoms with E-state index in [0.29, 0.717) is 24.5 Å². The van der Waals surface area contributed by atoms with Crippen molar-refractivity contribution in [3.63, 3.8) is 0 Å². The molecule has 4 rings (SSSR count). The molecule has 2 heterocycles. The molecule has 0 spiro atoms. The Morgan fingerprint density at radius 2 is 1.83 bits per heavy atom. The average molecular weight is 438 g/mol. The summed E-state index contributed by atoms with van der Waals surface area (Å²) in [5.74, 6) is 1.36. The summed E-state index contributed by atoms with van der Waals surface area (Å²) in [6, 6.07) is 19.9. The minimum Gasteiger partial charge on any atom is -0.489 e. The maximum atomic E-state index is 13.3. The number of thiophene rings is 1. The lowest BCUT2D eigenvalue weighted by Crippen LogP contribution is -2.26. The van der Waals surface area contributed by atoms with Gasteiger partial charge in [-0.05, 0) is 41.1 Å². The van der Waals surface area contributed by atoms with Gasteiger partial charge in [0.2, 0.25) is 0 Å². The molecule has 2 aromatic carbocycles. The number of ether oxygens (including phenoxy) is 1. The topological polar surface area (TPSA) is 31.2 Å². The van der Waals surface area contributed by atoms with E-state index >= 15 is 0 Å². The Morgan fingerprint density at radius 1 is 1.03 bits per heavy atom. The molecule has 3 nitrogen and oxygen atoms in total. The lowest BCUT2D eigenvalue weighted by molar-refractivity contribution is 0.306. The fourth-order valence-electron chi connectivity index (χ4n) is 3.70. The molecule has 0 atom stereocenters. The zero-order valence-electron chi connectivity index (χ0n) is 17.1. The Kier molecular flexibility index (Phi) is 6.26. The monoisotopic (exact) mass is 437 g/mol. The largest absolute Gasteiger partial charge is 0.489 e. The third-order valence-corrected chi connectivity index (χ3v) is 6.18. The van der Waals surface area contributed by atoms with Gasteiger partial charge in [-0.2, -0.15) is 0 Å². The van der Waals surface area contributed by atoms with Crippen molar-refractivity contribution in [3.8, 4) is 16.2 Å². The maximum Gasteiger partial charge on any atom is 0.258 e. The number of nitrogens with zero attached hydrogens (tertiary/aromatic N) is 1. The first-order valence-corrected chi connectivity index (χ1v) is 11.5. The van der Waals surface area contributed by atoms with Crippen molar-refractivity contribution in [2.75, 3.05) is 0 Å². The van der Waals surface area contributed by atoms with Gasteiger partial charge in [0.1, 0.15) is 12.4 Å². The minimum absolute atomic E-state index is 0.00395. The number of benzene rings is 2. The standard InChI is InChI=1S/C25H24ClNO2S/c1-17(2)15-27-22(14-26)24(23-9-6-12-30-23)21-13-19(10-11-20(21)25(27)28)29-16-18-7-4-3-5-8-18/h3-13,17H,14-16H2,1-2H3. The molecular formula is C25H24ClNO2S. The lowest BCUT2D eigenvalue weighted by Gasteiger charge is -2.20. The molecule has 0 aliphatic rings. The van der Waals surface area contributed by atoms with Crippen LogP contribution in [0.25, 0.3) is 21.2 Å². The smallest absolute Gasteiger partial charge is 0.258 e. The van der Waals surface area contributed by atoms with Crippen LogP contribution in [0.1, 0.15) is 25.1 Å². The molecule has 0 radical (unpaired) electrons. The number of pyridine rings is 1. The van der Waals surface area contributed by atoms with Crippen LogP contribution in [0, 0.1) is 5.92 Å². The Hall–Kier alpha value is -2.56. The summed E-state index contributed by atoms with van der Waals surface area (Å²) in [5.41, 5.74) is 3.00. The van der Waals surface area contributed by atoms with Crippen LogP contribution in [0.3, 0.4) is 0 Å². The van der Waals surface area contributed by atoms with Crippen molar-refractivity contribution in [1.29, 1.82) is 0 Å². The predicted octanol–water partition coefficient (Wildman–Crippen LogP) is 6.70. The molecular weight excluding hydrogens is 414 g/mol. The molecule has 0 saturated heterocycles. The predicted molar refractivity (Wildman–Crippen MR) is 127 cm³/mol. The van der Waals surface area contributed by atoms with Gasteiger partial charge in [-0.3, -0.25) is 4.79 Å². The number of rotatable bonds is 7. The number of hydrogen-bond acceptors (Lipinski definition) is 3. The molecule has 2 aromatic heterocycles. The third kappa shape index (κ3) is 4.16. The quantitative estimate of drug-likeness (QED) is 0.301. The average Bonchev–Trinajstić information content (AvgIpc) is 3.28. The van der Waals surface area contributed by atoms with Crippen LogP contribution in [0.4, 0.5) is 0 Å². The van der Waals surface area contributed by atoms with Crippen LogP contribution >= 0.6 is 22.9 Å². The molecule has 0 aliphatic carbocycles. The zero-order chi connectivity index (χ0) is 21.1. The van der Waals surface area contributed by atoms with E-state index < -0.39 is 0 Å². The van der Waals surface area contributed by atoms with Gasteiger partial charge in [0.15, 0.2) is 0 Å². The third-order valence-electron chi connectivity index (χ3n) is 5.04. The Labute approximate surface area is 185 Å². The van der Waals surface area contributed by atoms with Gasteiger partial charge in [0, 0.05) is 33.5 Å². The van der Waals surface area contributed by atoms with Crippen molar-refractivity contribution in [2.24, 2.45) is 5.92 Å². The van der Waals surface area contributed by atoms with E-state index in [4.69, 9.17) is 16.3 Å². The number of fused-ring (bicyclic) bond motifs is 1.